The number of hydrogen-bond acceptors (Lipinski definition) is 8. The van der Waals surface area contributed by atoms with Crippen molar-refractivity contribution in [1.82, 2.24) is 24.6 Å². The van der Waals surface area contributed by atoms with Crippen molar-refractivity contribution in [2.45, 2.75) is 64.2 Å². The van der Waals surface area contributed by atoms with E-state index in [1.165, 1.54) is 4.31 Å². The second-order valence-corrected chi connectivity index (χ2v) is 13.1. The van der Waals surface area contributed by atoms with Crippen LogP contribution in [-0.4, -0.2) is 90.2 Å². The van der Waals surface area contributed by atoms with Gasteiger partial charge in [-0.05, 0) is 57.0 Å². The lowest BCUT2D eigenvalue weighted by Crippen LogP contribution is -2.50. The standard InChI is InChI=1S/C29H36F2N6O4S/c1-19-16-36(17-20(2)41-19)28-7-3-6-24(35-28)25-9-8-21-15-32-23(13-26(21)34-25)14-29(38)33-22-5-4-11-37(18-22)42(39,40)12-10-27(30)31/h3,6-9,13,15,19-20,22,27H,4-5,10-12,14,16-18H2,1-2H3,(H,33,38)/t19-,20+,22-/m1/s1. The minimum absolute atomic E-state index is 0.00237. The van der Waals surface area contributed by atoms with Crippen LogP contribution >= 0.6 is 0 Å². The van der Waals surface area contributed by atoms with E-state index in [0.717, 1.165) is 30.0 Å². The van der Waals surface area contributed by atoms with Gasteiger partial charge in [-0.3, -0.25) is 9.78 Å². The summed E-state index contributed by atoms with van der Waals surface area (Å²) < 4.78 is 57.0. The molecule has 2 aliphatic rings. The Morgan fingerprint density at radius 1 is 1.10 bits per heavy atom. The fourth-order valence-corrected chi connectivity index (χ4v) is 7.08. The van der Waals surface area contributed by atoms with Gasteiger partial charge < -0.3 is 15.0 Å². The van der Waals surface area contributed by atoms with Gasteiger partial charge in [0, 0.05) is 50.2 Å². The molecular formula is C29H36F2N6O4S. The number of fused-ring (bicyclic) bond motifs is 1. The molecule has 1 N–H and O–H groups in total. The Kier molecular flexibility index (Phi) is 9.28. The number of anilines is 1. The molecule has 226 valence electrons. The highest BCUT2D eigenvalue weighted by Gasteiger charge is 2.30. The third kappa shape index (κ3) is 7.56. The Morgan fingerprint density at radius 2 is 1.86 bits per heavy atom. The molecule has 0 bridgehead atoms. The van der Waals surface area contributed by atoms with Crippen LogP contribution < -0.4 is 10.2 Å². The smallest absolute Gasteiger partial charge is 0.239 e. The van der Waals surface area contributed by atoms with Crippen molar-refractivity contribution in [3.63, 3.8) is 0 Å². The summed E-state index contributed by atoms with van der Waals surface area (Å²) >= 11 is 0. The van der Waals surface area contributed by atoms with E-state index in [2.05, 4.69) is 29.0 Å². The maximum Gasteiger partial charge on any atom is 0.239 e. The number of halogens is 2. The van der Waals surface area contributed by atoms with Crippen LogP contribution in [0.3, 0.4) is 0 Å². The van der Waals surface area contributed by atoms with Crippen molar-refractivity contribution in [3.8, 4) is 11.4 Å². The average molecular weight is 603 g/mol. The van der Waals surface area contributed by atoms with Crippen molar-refractivity contribution >= 4 is 32.7 Å². The molecular weight excluding hydrogens is 566 g/mol. The van der Waals surface area contributed by atoms with E-state index in [-0.39, 0.29) is 37.6 Å². The van der Waals surface area contributed by atoms with Gasteiger partial charge in [-0.1, -0.05) is 6.07 Å². The molecule has 1 amide bonds. The molecule has 3 aromatic heterocycles. The molecule has 0 aromatic carbocycles. The zero-order chi connectivity index (χ0) is 29.9. The molecule has 3 atom stereocenters. The number of nitrogens with one attached hydrogen (secondary N) is 1. The van der Waals surface area contributed by atoms with Gasteiger partial charge in [-0.25, -0.2) is 27.2 Å². The highest BCUT2D eigenvalue weighted by Crippen LogP contribution is 2.24. The molecule has 2 aliphatic heterocycles. The molecule has 0 saturated carbocycles. The summed E-state index contributed by atoms with van der Waals surface area (Å²) in [6.07, 6.45) is -0.328. The lowest BCUT2D eigenvalue weighted by molar-refractivity contribution is -0.121. The van der Waals surface area contributed by atoms with Crippen molar-refractivity contribution < 1.29 is 26.7 Å². The van der Waals surface area contributed by atoms with Gasteiger partial charge in [0.1, 0.15) is 5.82 Å². The second kappa shape index (κ2) is 12.9. The normalized spacial score (nSPS) is 22.0. The summed E-state index contributed by atoms with van der Waals surface area (Å²) in [7, 11) is -3.80. The van der Waals surface area contributed by atoms with Gasteiger partial charge in [0.15, 0.2) is 0 Å². The molecule has 0 aliphatic carbocycles. The lowest BCUT2D eigenvalue weighted by Gasteiger charge is -2.36. The monoisotopic (exact) mass is 602 g/mol. The van der Waals surface area contributed by atoms with Crippen LogP contribution in [0.4, 0.5) is 14.6 Å². The Hall–Kier alpha value is -3.29. The van der Waals surface area contributed by atoms with Crippen LogP contribution in [-0.2, 0) is 26.0 Å². The summed E-state index contributed by atoms with van der Waals surface area (Å²) in [4.78, 5) is 29.2. The second-order valence-electron chi connectivity index (χ2n) is 11.0. The Balaban J connectivity index is 1.25. The number of pyridine rings is 3. The molecule has 0 spiro atoms. The number of piperidine rings is 1. The maximum absolute atomic E-state index is 12.8. The molecule has 0 radical (unpaired) electrons. The highest BCUT2D eigenvalue weighted by molar-refractivity contribution is 7.89. The Bertz CT molecular complexity index is 1520. The topological polar surface area (TPSA) is 118 Å². The van der Waals surface area contributed by atoms with E-state index < -0.39 is 34.7 Å². The number of rotatable bonds is 9. The minimum atomic E-state index is -3.80. The van der Waals surface area contributed by atoms with E-state index in [1.54, 1.807) is 12.3 Å². The largest absolute Gasteiger partial charge is 0.372 e. The first-order valence-electron chi connectivity index (χ1n) is 14.2. The number of carbonyl (C=O) groups is 1. The van der Waals surface area contributed by atoms with Crippen molar-refractivity contribution in [2.75, 3.05) is 36.8 Å². The van der Waals surface area contributed by atoms with Crippen LogP contribution in [0.5, 0.6) is 0 Å². The van der Waals surface area contributed by atoms with Crippen molar-refractivity contribution in [1.29, 1.82) is 0 Å². The van der Waals surface area contributed by atoms with Gasteiger partial charge in [0.25, 0.3) is 0 Å². The van der Waals surface area contributed by atoms with E-state index >= 15 is 0 Å². The summed E-state index contributed by atoms with van der Waals surface area (Å²) in [5, 5.41) is 3.71. The Labute approximate surface area is 244 Å². The molecule has 42 heavy (non-hydrogen) atoms. The molecule has 2 fully saturated rings. The number of aromatic nitrogens is 3. The number of amides is 1. The SMILES string of the molecule is C[C@@H]1CN(c2cccc(-c3ccc4cnc(CC(=O)N[C@@H]5CCCN(S(=O)(=O)CCC(F)F)C5)cc4n3)n2)C[C@H](C)O1. The first-order valence-corrected chi connectivity index (χ1v) is 15.9. The van der Waals surface area contributed by atoms with Crippen LogP contribution in [0.1, 0.15) is 38.8 Å². The third-order valence-corrected chi connectivity index (χ3v) is 9.32. The average Bonchev–Trinajstić information content (AvgIpc) is 2.95. The van der Waals surface area contributed by atoms with Crippen molar-refractivity contribution in [2.24, 2.45) is 0 Å². The number of hydrogen-bond donors (Lipinski definition) is 1. The van der Waals surface area contributed by atoms with E-state index in [0.29, 0.717) is 29.7 Å². The van der Waals surface area contributed by atoms with Gasteiger partial charge in [-0.15, -0.1) is 0 Å². The fraction of sp³-hybridized carbons (Fsp3) is 0.517. The first kappa shape index (κ1) is 30.2. The maximum atomic E-state index is 12.8. The van der Waals surface area contributed by atoms with Crippen LogP contribution in [0.2, 0.25) is 0 Å². The predicted molar refractivity (Wildman–Crippen MR) is 156 cm³/mol. The van der Waals surface area contributed by atoms with Gasteiger partial charge in [-0.2, -0.15) is 4.31 Å². The molecule has 5 rings (SSSR count). The number of carbonyl (C=O) groups excluding carboxylic acids is 1. The molecule has 10 nitrogen and oxygen atoms in total. The first-order chi connectivity index (χ1) is 20.1. The number of morpholine rings is 1. The van der Waals surface area contributed by atoms with Crippen LogP contribution in [0.25, 0.3) is 22.3 Å². The number of sulfonamides is 1. The molecule has 5 heterocycles. The number of ether oxygens (including phenoxy) is 1. The fourth-order valence-electron chi connectivity index (χ4n) is 5.53. The van der Waals surface area contributed by atoms with Gasteiger partial charge >= 0.3 is 0 Å². The zero-order valence-electron chi connectivity index (χ0n) is 23.7. The summed E-state index contributed by atoms with van der Waals surface area (Å²) in [6, 6.07) is 11.1. The summed E-state index contributed by atoms with van der Waals surface area (Å²) in [5.74, 6) is -0.0305. The summed E-state index contributed by atoms with van der Waals surface area (Å²) in [6.45, 7) is 5.96. The van der Waals surface area contributed by atoms with Gasteiger partial charge in [0.05, 0.1) is 47.0 Å². The number of nitrogens with zero attached hydrogens (tertiary/aromatic N) is 5. The Morgan fingerprint density at radius 3 is 2.62 bits per heavy atom. The van der Waals surface area contributed by atoms with Gasteiger partial charge in [0.2, 0.25) is 22.4 Å². The highest BCUT2D eigenvalue weighted by atomic mass is 32.2. The van der Waals surface area contributed by atoms with Crippen LogP contribution in [0, 0.1) is 0 Å². The molecule has 0 unspecified atom stereocenters. The third-order valence-electron chi connectivity index (χ3n) is 7.45. The van der Waals surface area contributed by atoms with Crippen molar-refractivity contribution in [3.05, 3.63) is 48.3 Å². The molecule has 2 saturated heterocycles. The zero-order valence-corrected chi connectivity index (χ0v) is 24.6. The minimum Gasteiger partial charge on any atom is -0.372 e. The van der Waals surface area contributed by atoms with E-state index in [9.17, 15) is 22.0 Å². The lowest BCUT2D eigenvalue weighted by atomic mass is 10.1. The summed E-state index contributed by atoms with van der Waals surface area (Å²) in [5.41, 5.74) is 2.65. The quantitative estimate of drug-likeness (QED) is 0.396. The molecule has 3 aromatic rings. The number of alkyl halides is 2. The molecule has 13 heteroatoms. The van der Waals surface area contributed by atoms with E-state index in [4.69, 9.17) is 14.7 Å². The van der Waals surface area contributed by atoms with Crippen LogP contribution in [0.15, 0.2) is 42.6 Å². The van der Waals surface area contributed by atoms with E-state index in [1.807, 2.05) is 30.3 Å². The predicted octanol–water partition coefficient (Wildman–Crippen LogP) is 3.41.